The molecule has 0 atom stereocenters. The summed E-state index contributed by atoms with van der Waals surface area (Å²) in [4.78, 5) is 14.4. The SMILES string of the molecule is CC(=Cc1cccc2cccnc12)[N+](=O)[O-]. The molecule has 1 heterocycles. The third kappa shape index (κ3) is 1.91. The van der Waals surface area contributed by atoms with Gasteiger partial charge < -0.3 is 0 Å². The highest BCUT2D eigenvalue weighted by Crippen LogP contribution is 2.18. The summed E-state index contributed by atoms with van der Waals surface area (Å²) >= 11 is 0. The van der Waals surface area contributed by atoms with Crippen LogP contribution in [0.1, 0.15) is 12.5 Å². The number of benzene rings is 1. The lowest BCUT2D eigenvalue weighted by molar-refractivity contribution is -0.422. The summed E-state index contributed by atoms with van der Waals surface area (Å²) in [5.41, 5.74) is 1.66. The van der Waals surface area contributed by atoms with E-state index in [1.165, 1.54) is 13.0 Å². The van der Waals surface area contributed by atoms with Gasteiger partial charge in [-0.3, -0.25) is 15.1 Å². The summed E-state index contributed by atoms with van der Waals surface area (Å²) in [6.45, 7) is 1.47. The Morgan fingerprint density at radius 3 is 2.88 bits per heavy atom. The molecule has 0 saturated heterocycles. The minimum absolute atomic E-state index is 0.109. The molecule has 1 aromatic heterocycles. The van der Waals surface area contributed by atoms with Crippen molar-refractivity contribution in [2.24, 2.45) is 0 Å². The van der Waals surface area contributed by atoms with Crippen LogP contribution in [0.25, 0.3) is 17.0 Å². The molecule has 0 unspecified atom stereocenters. The van der Waals surface area contributed by atoms with Gasteiger partial charge in [0.2, 0.25) is 5.70 Å². The van der Waals surface area contributed by atoms with E-state index in [0.717, 1.165) is 16.5 Å². The van der Waals surface area contributed by atoms with E-state index in [9.17, 15) is 10.1 Å². The molecule has 0 bridgehead atoms. The molecule has 2 aromatic rings. The third-order valence-electron chi connectivity index (χ3n) is 2.32. The van der Waals surface area contributed by atoms with Gasteiger partial charge in [0, 0.05) is 30.1 Å². The minimum atomic E-state index is -0.401. The smallest absolute Gasteiger partial charge is 0.243 e. The van der Waals surface area contributed by atoms with Gasteiger partial charge in [0.15, 0.2) is 0 Å². The number of nitrogens with zero attached hydrogens (tertiary/aromatic N) is 2. The largest absolute Gasteiger partial charge is 0.259 e. The first-order chi connectivity index (χ1) is 7.68. The maximum Gasteiger partial charge on any atom is 0.243 e. The lowest BCUT2D eigenvalue weighted by Gasteiger charge is -2.00. The summed E-state index contributed by atoms with van der Waals surface area (Å²) in [6, 6.07) is 9.39. The second kappa shape index (κ2) is 4.10. The number of hydrogen-bond donors (Lipinski definition) is 0. The molecule has 2 rings (SSSR count). The Hall–Kier alpha value is -2.23. The lowest BCUT2D eigenvalue weighted by atomic mass is 10.1. The van der Waals surface area contributed by atoms with Crippen LogP contribution in [-0.4, -0.2) is 9.91 Å². The quantitative estimate of drug-likeness (QED) is 0.570. The van der Waals surface area contributed by atoms with Crippen LogP contribution >= 0.6 is 0 Å². The fourth-order valence-electron chi connectivity index (χ4n) is 1.52. The van der Waals surface area contributed by atoms with Crippen LogP contribution in [0, 0.1) is 10.1 Å². The topological polar surface area (TPSA) is 56.0 Å². The number of pyridine rings is 1. The summed E-state index contributed by atoms with van der Waals surface area (Å²) in [7, 11) is 0. The molecule has 0 amide bonds. The number of para-hydroxylation sites is 1. The van der Waals surface area contributed by atoms with E-state index >= 15 is 0 Å². The van der Waals surface area contributed by atoms with E-state index in [4.69, 9.17) is 0 Å². The van der Waals surface area contributed by atoms with Gasteiger partial charge in [0.1, 0.15) is 0 Å². The Kier molecular flexibility index (Phi) is 2.64. The molecule has 4 nitrogen and oxygen atoms in total. The van der Waals surface area contributed by atoms with Crippen molar-refractivity contribution in [2.75, 3.05) is 0 Å². The Bertz CT molecular complexity index is 571. The molecule has 0 saturated carbocycles. The highest BCUT2D eigenvalue weighted by atomic mass is 16.6. The first-order valence-electron chi connectivity index (χ1n) is 4.85. The predicted octanol–water partition coefficient (Wildman–Crippen LogP) is 2.87. The van der Waals surface area contributed by atoms with Crippen molar-refractivity contribution in [2.45, 2.75) is 6.92 Å². The normalized spacial score (nSPS) is 11.7. The first kappa shape index (κ1) is 10.3. The number of rotatable bonds is 2. The van der Waals surface area contributed by atoms with Gasteiger partial charge in [-0.1, -0.05) is 24.3 Å². The third-order valence-corrected chi connectivity index (χ3v) is 2.32. The predicted molar refractivity (Wildman–Crippen MR) is 62.4 cm³/mol. The van der Waals surface area contributed by atoms with Crippen LogP contribution in [0.15, 0.2) is 42.2 Å². The number of nitro groups is 1. The lowest BCUT2D eigenvalue weighted by Crippen LogP contribution is -1.93. The van der Waals surface area contributed by atoms with Crippen LogP contribution in [0.5, 0.6) is 0 Å². The molecule has 0 aliphatic rings. The van der Waals surface area contributed by atoms with Crippen LogP contribution in [0.2, 0.25) is 0 Å². The number of hydrogen-bond acceptors (Lipinski definition) is 3. The number of fused-ring (bicyclic) bond motifs is 1. The Morgan fingerprint density at radius 1 is 1.38 bits per heavy atom. The van der Waals surface area contributed by atoms with Gasteiger partial charge >= 0.3 is 0 Å². The molecular formula is C12H10N2O2. The molecule has 0 fully saturated rings. The second-order valence-electron chi connectivity index (χ2n) is 3.47. The molecule has 0 aliphatic heterocycles. The molecule has 0 aliphatic carbocycles. The standard InChI is InChI=1S/C12H10N2O2/c1-9(14(15)16)8-11-5-2-4-10-6-3-7-13-12(10)11/h2-8H,1H3. The van der Waals surface area contributed by atoms with Gasteiger partial charge in [-0.25, -0.2) is 0 Å². The summed E-state index contributed by atoms with van der Waals surface area (Å²) in [5, 5.41) is 11.5. The zero-order chi connectivity index (χ0) is 11.5. The zero-order valence-corrected chi connectivity index (χ0v) is 8.75. The zero-order valence-electron chi connectivity index (χ0n) is 8.75. The average molecular weight is 214 g/mol. The summed E-state index contributed by atoms with van der Waals surface area (Å²) in [5.74, 6) is 0. The van der Waals surface area contributed by atoms with Crippen molar-refractivity contribution in [3.05, 3.63) is 57.9 Å². The number of aromatic nitrogens is 1. The molecule has 1 aromatic carbocycles. The van der Waals surface area contributed by atoms with E-state index < -0.39 is 4.92 Å². The van der Waals surface area contributed by atoms with Crippen molar-refractivity contribution >= 4 is 17.0 Å². The van der Waals surface area contributed by atoms with Crippen LogP contribution in [-0.2, 0) is 0 Å². The van der Waals surface area contributed by atoms with Gasteiger partial charge in [0.25, 0.3) is 0 Å². The Labute approximate surface area is 92.4 Å². The van der Waals surface area contributed by atoms with E-state index in [-0.39, 0.29) is 5.70 Å². The van der Waals surface area contributed by atoms with Gasteiger partial charge in [-0.15, -0.1) is 0 Å². The maximum atomic E-state index is 10.6. The maximum absolute atomic E-state index is 10.6. The monoisotopic (exact) mass is 214 g/mol. The molecular weight excluding hydrogens is 204 g/mol. The first-order valence-corrected chi connectivity index (χ1v) is 4.85. The molecule has 16 heavy (non-hydrogen) atoms. The van der Waals surface area contributed by atoms with Crippen LogP contribution in [0.4, 0.5) is 0 Å². The Morgan fingerprint density at radius 2 is 2.12 bits per heavy atom. The van der Waals surface area contributed by atoms with Crippen molar-refractivity contribution < 1.29 is 4.92 Å². The van der Waals surface area contributed by atoms with E-state index in [2.05, 4.69) is 4.98 Å². The molecule has 0 spiro atoms. The molecule has 80 valence electrons. The fourth-order valence-corrected chi connectivity index (χ4v) is 1.52. The Balaban J connectivity index is 2.61. The molecule has 0 N–H and O–H groups in total. The second-order valence-corrected chi connectivity index (χ2v) is 3.47. The van der Waals surface area contributed by atoms with Crippen molar-refractivity contribution in [1.82, 2.24) is 4.98 Å². The number of allylic oxidation sites excluding steroid dienone is 1. The van der Waals surface area contributed by atoms with Gasteiger partial charge in [-0.2, -0.15) is 0 Å². The van der Waals surface area contributed by atoms with E-state index in [0.29, 0.717) is 0 Å². The van der Waals surface area contributed by atoms with E-state index in [1.807, 2.05) is 30.3 Å². The van der Waals surface area contributed by atoms with Crippen molar-refractivity contribution in [3.63, 3.8) is 0 Å². The minimum Gasteiger partial charge on any atom is -0.259 e. The van der Waals surface area contributed by atoms with Crippen LogP contribution in [0.3, 0.4) is 0 Å². The highest BCUT2D eigenvalue weighted by molar-refractivity contribution is 5.87. The summed E-state index contributed by atoms with van der Waals surface area (Å²) < 4.78 is 0. The van der Waals surface area contributed by atoms with Gasteiger partial charge in [-0.05, 0) is 6.07 Å². The highest BCUT2D eigenvalue weighted by Gasteiger charge is 2.05. The van der Waals surface area contributed by atoms with Crippen LogP contribution < -0.4 is 0 Å². The summed E-state index contributed by atoms with van der Waals surface area (Å²) in [6.07, 6.45) is 3.22. The average Bonchev–Trinajstić information content (AvgIpc) is 2.29. The fraction of sp³-hybridized carbons (Fsp3) is 0.0833. The van der Waals surface area contributed by atoms with E-state index in [1.54, 1.807) is 6.20 Å². The molecule has 4 heteroatoms. The molecule has 0 radical (unpaired) electrons. The van der Waals surface area contributed by atoms with Crippen molar-refractivity contribution in [3.8, 4) is 0 Å². The van der Waals surface area contributed by atoms with Crippen molar-refractivity contribution in [1.29, 1.82) is 0 Å². The van der Waals surface area contributed by atoms with Gasteiger partial charge in [0.05, 0.1) is 10.4 Å².